The Labute approximate surface area is 142 Å². The average molecular weight is 346 g/mol. The second kappa shape index (κ2) is 6.81. The molecule has 0 aliphatic carbocycles. The molecule has 1 heterocycles. The van der Waals surface area contributed by atoms with Gasteiger partial charge >= 0.3 is 5.97 Å². The molecule has 2 aromatic carbocycles. The van der Waals surface area contributed by atoms with Crippen LogP contribution >= 0.6 is 22.9 Å². The van der Waals surface area contributed by atoms with E-state index < -0.39 is 5.97 Å². The molecule has 3 aromatic rings. The lowest BCUT2D eigenvalue weighted by molar-refractivity contribution is 0.0691. The summed E-state index contributed by atoms with van der Waals surface area (Å²) in [6.45, 7) is 0.362. The van der Waals surface area contributed by atoms with Gasteiger partial charge in [-0.2, -0.15) is 0 Å². The predicted molar refractivity (Wildman–Crippen MR) is 90.3 cm³/mol. The first-order valence-corrected chi connectivity index (χ1v) is 8.05. The summed E-state index contributed by atoms with van der Waals surface area (Å²) in [5, 5.41) is 11.8. The van der Waals surface area contributed by atoms with E-state index >= 15 is 0 Å². The van der Waals surface area contributed by atoms with Crippen molar-refractivity contribution in [1.82, 2.24) is 4.98 Å². The first kappa shape index (κ1) is 15.5. The van der Waals surface area contributed by atoms with Gasteiger partial charge in [0.2, 0.25) is 0 Å². The normalized spacial score (nSPS) is 10.5. The number of nitrogens with zero attached hydrogens (tertiary/aromatic N) is 1. The molecule has 0 unspecified atom stereocenters. The SMILES string of the molecule is O=C(O)c1csc(-c2cccc(OCc3ccccc3Cl)c2)n1. The van der Waals surface area contributed by atoms with Crippen LogP contribution in [0.3, 0.4) is 0 Å². The molecule has 1 N–H and O–H groups in total. The van der Waals surface area contributed by atoms with Gasteiger partial charge in [-0.3, -0.25) is 0 Å². The van der Waals surface area contributed by atoms with E-state index in [1.54, 1.807) is 0 Å². The van der Waals surface area contributed by atoms with Gasteiger partial charge in [0.05, 0.1) is 0 Å². The summed E-state index contributed by atoms with van der Waals surface area (Å²) < 4.78 is 5.77. The fourth-order valence-electron chi connectivity index (χ4n) is 2.00. The minimum atomic E-state index is -1.03. The van der Waals surface area contributed by atoms with Crippen molar-refractivity contribution in [3.63, 3.8) is 0 Å². The summed E-state index contributed by atoms with van der Waals surface area (Å²) in [5.74, 6) is -0.354. The zero-order chi connectivity index (χ0) is 16.2. The molecule has 3 rings (SSSR count). The molecule has 0 atom stereocenters. The molecular formula is C17H12ClNO3S. The monoisotopic (exact) mass is 345 g/mol. The quantitative estimate of drug-likeness (QED) is 0.725. The molecule has 23 heavy (non-hydrogen) atoms. The Balaban J connectivity index is 1.77. The van der Waals surface area contributed by atoms with E-state index in [-0.39, 0.29) is 5.69 Å². The number of carbonyl (C=O) groups is 1. The highest BCUT2D eigenvalue weighted by atomic mass is 35.5. The predicted octanol–water partition coefficient (Wildman–Crippen LogP) is 4.74. The first-order chi connectivity index (χ1) is 11.1. The minimum absolute atomic E-state index is 0.0485. The maximum atomic E-state index is 10.9. The first-order valence-electron chi connectivity index (χ1n) is 6.79. The lowest BCUT2D eigenvalue weighted by Gasteiger charge is -2.08. The van der Waals surface area contributed by atoms with Gasteiger partial charge in [0.1, 0.15) is 17.4 Å². The summed E-state index contributed by atoms with van der Waals surface area (Å²) >= 11 is 7.39. The number of carboxylic acids is 1. The minimum Gasteiger partial charge on any atom is -0.489 e. The number of thiazole rings is 1. The van der Waals surface area contributed by atoms with Gasteiger partial charge in [-0.15, -0.1) is 11.3 Å². The van der Waals surface area contributed by atoms with Crippen LogP contribution in [-0.4, -0.2) is 16.1 Å². The van der Waals surface area contributed by atoms with E-state index in [1.807, 2.05) is 48.5 Å². The summed E-state index contributed by atoms with van der Waals surface area (Å²) in [6.07, 6.45) is 0. The molecule has 1 aromatic heterocycles. The topological polar surface area (TPSA) is 59.4 Å². The number of benzene rings is 2. The van der Waals surface area contributed by atoms with Crippen LogP contribution in [0.4, 0.5) is 0 Å². The zero-order valence-electron chi connectivity index (χ0n) is 11.9. The summed E-state index contributed by atoms with van der Waals surface area (Å²) in [5.41, 5.74) is 1.77. The van der Waals surface area contributed by atoms with Crippen LogP contribution in [0.5, 0.6) is 5.75 Å². The van der Waals surface area contributed by atoms with E-state index in [0.29, 0.717) is 22.4 Å². The van der Waals surface area contributed by atoms with Crippen LogP contribution in [0.15, 0.2) is 53.9 Å². The lowest BCUT2D eigenvalue weighted by Crippen LogP contribution is -1.97. The Morgan fingerprint density at radius 1 is 1.22 bits per heavy atom. The molecule has 0 amide bonds. The Kier molecular flexibility index (Phi) is 4.60. The number of hydrogen-bond donors (Lipinski definition) is 1. The standard InChI is InChI=1S/C17H12ClNO3S/c18-14-7-2-1-4-12(14)9-22-13-6-3-5-11(8-13)16-19-15(10-23-16)17(20)21/h1-8,10H,9H2,(H,20,21). The van der Waals surface area contributed by atoms with Crippen LogP contribution in [0.2, 0.25) is 5.02 Å². The van der Waals surface area contributed by atoms with Gasteiger partial charge in [-0.1, -0.05) is 41.9 Å². The average Bonchev–Trinajstić information content (AvgIpc) is 3.05. The van der Waals surface area contributed by atoms with Gasteiger partial charge in [0.25, 0.3) is 0 Å². The molecule has 0 radical (unpaired) electrons. The van der Waals surface area contributed by atoms with Crippen LogP contribution in [0, 0.1) is 0 Å². The fraction of sp³-hybridized carbons (Fsp3) is 0.0588. The Bertz CT molecular complexity index is 847. The van der Waals surface area contributed by atoms with E-state index in [2.05, 4.69) is 4.98 Å². The van der Waals surface area contributed by atoms with Crippen molar-refractivity contribution in [3.8, 4) is 16.3 Å². The van der Waals surface area contributed by atoms with Crippen molar-refractivity contribution in [2.24, 2.45) is 0 Å². The summed E-state index contributed by atoms with van der Waals surface area (Å²) in [7, 11) is 0. The van der Waals surface area contributed by atoms with Gasteiger partial charge < -0.3 is 9.84 Å². The molecule has 6 heteroatoms. The van der Waals surface area contributed by atoms with E-state index in [1.165, 1.54) is 16.7 Å². The Morgan fingerprint density at radius 3 is 2.78 bits per heavy atom. The van der Waals surface area contributed by atoms with Gasteiger partial charge in [0, 0.05) is 21.5 Å². The highest BCUT2D eigenvalue weighted by Gasteiger charge is 2.10. The Morgan fingerprint density at radius 2 is 2.04 bits per heavy atom. The van der Waals surface area contributed by atoms with Crippen molar-refractivity contribution >= 4 is 28.9 Å². The number of rotatable bonds is 5. The number of carboxylic acid groups (broad SMARTS) is 1. The second-order valence-electron chi connectivity index (χ2n) is 4.75. The van der Waals surface area contributed by atoms with Crippen molar-refractivity contribution in [2.45, 2.75) is 6.61 Å². The molecule has 0 fully saturated rings. The Hall–Kier alpha value is -2.37. The van der Waals surface area contributed by atoms with Crippen LogP contribution in [0.25, 0.3) is 10.6 Å². The smallest absolute Gasteiger partial charge is 0.355 e. The zero-order valence-corrected chi connectivity index (χ0v) is 13.5. The third kappa shape index (κ3) is 3.70. The second-order valence-corrected chi connectivity index (χ2v) is 6.02. The molecule has 0 spiro atoms. The van der Waals surface area contributed by atoms with Gasteiger partial charge in [-0.05, 0) is 18.2 Å². The molecule has 0 saturated carbocycles. The largest absolute Gasteiger partial charge is 0.489 e. The van der Waals surface area contributed by atoms with Gasteiger partial charge in [0.15, 0.2) is 5.69 Å². The number of halogens is 1. The van der Waals surface area contributed by atoms with E-state index in [9.17, 15) is 4.79 Å². The summed E-state index contributed by atoms with van der Waals surface area (Å²) in [6, 6.07) is 14.9. The molecule has 0 saturated heterocycles. The fourth-order valence-corrected chi connectivity index (χ4v) is 2.98. The number of ether oxygens (including phenoxy) is 1. The maximum Gasteiger partial charge on any atom is 0.355 e. The van der Waals surface area contributed by atoms with Crippen molar-refractivity contribution in [1.29, 1.82) is 0 Å². The summed E-state index contributed by atoms with van der Waals surface area (Å²) in [4.78, 5) is 15.0. The van der Waals surface area contributed by atoms with Crippen LogP contribution < -0.4 is 4.74 Å². The molecule has 0 aliphatic heterocycles. The van der Waals surface area contributed by atoms with Crippen molar-refractivity contribution in [2.75, 3.05) is 0 Å². The molecular weight excluding hydrogens is 334 g/mol. The number of aromatic carboxylic acids is 1. The molecule has 0 aliphatic rings. The lowest BCUT2D eigenvalue weighted by atomic mass is 10.2. The van der Waals surface area contributed by atoms with Crippen LogP contribution in [-0.2, 0) is 6.61 Å². The van der Waals surface area contributed by atoms with Crippen molar-refractivity contribution in [3.05, 3.63) is 70.2 Å². The molecule has 116 valence electrons. The molecule has 4 nitrogen and oxygen atoms in total. The third-order valence-corrected chi connectivity index (χ3v) is 4.42. The molecule has 0 bridgehead atoms. The highest BCUT2D eigenvalue weighted by Crippen LogP contribution is 2.27. The number of hydrogen-bond acceptors (Lipinski definition) is 4. The number of aromatic nitrogens is 1. The van der Waals surface area contributed by atoms with Crippen molar-refractivity contribution < 1.29 is 14.6 Å². The maximum absolute atomic E-state index is 10.9. The highest BCUT2D eigenvalue weighted by molar-refractivity contribution is 7.13. The van der Waals surface area contributed by atoms with Gasteiger partial charge in [-0.25, -0.2) is 9.78 Å². The van der Waals surface area contributed by atoms with Crippen LogP contribution in [0.1, 0.15) is 16.1 Å². The third-order valence-electron chi connectivity index (χ3n) is 3.16. The van der Waals surface area contributed by atoms with E-state index in [4.69, 9.17) is 21.4 Å². The van der Waals surface area contributed by atoms with E-state index in [0.717, 1.165) is 11.1 Å².